The molecule has 5 heteroatoms. The number of halogens is 4. The molecule has 0 aliphatic carbocycles. The molecule has 1 aromatic rings. The van der Waals surface area contributed by atoms with E-state index in [1.165, 1.54) is 0 Å². The molecule has 0 aromatic heterocycles. The van der Waals surface area contributed by atoms with E-state index in [1.54, 1.807) is 25.1 Å². The van der Waals surface area contributed by atoms with E-state index in [4.69, 9.17) is 0 Å². The molecule has 1 nitrogen and oxygen atoms in total. The maximum absolute atomic E-state index is 13.3. The van der Waals surface area contributed by atoms with Gasteiger partial charge in [-0.15, -0.1) is 0 Å². The third-order valence-electron chi connectivity index (χ3n) is 3.29. The molecule has 1 N–H and O–H groups in total. The standard InChI is InChI=1S/C12H13BrF3N/c1-8-7-9(13)3-4-10(8)11(12(14,15)16)5-2-6-17-11/h3-4,7,17H,2,5-6H2,1H3. The van der Waals surface area contributed by atoms with Gasteiger partial charge in [-0.2, -0.15) is 13.2 Å². The van der Waals surface area contributed by atoms with Crippen molar-refractivity contribution >= 4 is 15.9 Å². The summed E-state index contributed by atoms with van der Waals surface area (Å²) >= 11 is 3.27. The van der Waals surface area contributed by atoms with Crippen molar-refractivity contribution in [1.82, 2.24) is 5.32 Å². The highest BCUT2D eigenvalue weighted by Crippen LogP contribution is 2.46. The zero-order valence-electron chi connectivity index (χ0n) is 9.37. The first-order chi connectivity index (χ1) is 7.87. The molecule has 2 rings (SSSR count). The summed E-state index contributed by atoms with van der Waals surface area (Å²) in [6.45, 7) is 2.13. The van der Waals surface area contributed by atoms with Crippen molar-refractivity contribution in [3.8, 4) is 0 Å². The Hall–Kier alpha value is -0.550. The van der Waals surface area contributed by atoms with E-state index >= 15 is 0 Å². The number of nitrogens with one attached hydrogen (secondary N) is 1. The molecule has 0 spiro atoms. The van der Waals surface area contributed by atoms with Gasteiger partial charge in [0.15, 0.2) is 0 Å². The minimum atomic E-state index is -4.26. The van der Waals surface area contributed by atoms with Gasteiger partial charge in [-0.1, -0.05) is 22.0 Å². The maximum Gasteiger partial charge on any atom is 0.410 e. The van der Waals surface area contributed by atoms with Gasteiger partial charge in [0.2, 0.25) is 0 Å². The van der Waals surface area contributed by atoms with E-state index in [0.29, 0.717) is 24.1 Å². The molecule has 17 heavy (non-hydrogen) atoms. The van der Waals surface area contributed by atoms with Gasteiger partial charge in [-0.3, -0.25) is 5.32 Å². The van der Waals surface area contributed by atoms with Crippen molar-refractivity contribution in [3.63, 3.8) is 0 Å². The summed E-state index contributed by atoms with van der Waals surface area (Å²) in [5, 5.41) is 2.65. The summed E-state index contributed by atoms with van der Waals surface area (Å²) in [5.41, 5.74) is -0.866. The average Bonchev–Trinajstić information content (AvgIpc) is 2.66. The van der Waals surface area contributed by atoms with Crippen molar-refractivity contribution < 1.29 is 13.2 Å². The fraction of sp³-hybridized carbons (Fsp3) is 0.500. The Morgan fingerprint density at radius 1 is 1.35 bits per heavy atom. The molecule has 0 saturated carbocycles. The molecule has 0 bridgehead atoms. The quantitative estimate of drug-likeness (QED) is 0.830. The molecule has 1 atom stereocenters. The van der Waals surface area contributed by atoms with Gasteiger partial charge < -0.3 is 0 Å². The number of alkyl halides is 3. The van der Waals surface area contributed by atoms with Crippen LogP contribution in [0.15, 0.2) is 22.7 Å². The van der Waals surface area contributed by atoms with Crippen LogP contribution >= 0.6 is 15.9 Å². The first-order valence-electron chi connectivity index (χ1n) is 5.45. The summed E-state index contributed by atoms with van der Waals surface area (Å²) in [7, 11) is 0. The smallest absolute Gasteiger partial charge is 0.300 e. The van der Waals surface area contributed by atoms with Crippen LogP contribution in [-0.2, 0) is 5.54 Å². The Bertz CT molecular complexity index is 422. The molecule has 1 aliphatic heterocycles. The van der Waals surface area contributed by atoms with Crippen LogP contribution < -0.4 is 5.32 Å². The average molecular weight is 308 g/mol. The Kier molecular flexibility index (Phi) is 3.25. The van der Waals surface area contributed by atoms with Crippen molar-refractivity contribution in [2.75, 3.05) is 6.54 Å². The number of benzene rings is 1. The van der Waals surface area contributed by atoms with E-state index in [0.717, 1.165) is 4.47 Å². The van der Waals surface area contributed by atoms with Crippen LogP contribution in [0.3, 0.4) is 0 Å². The molecule has 94 valence electrons. The second-order valence-corrected chi connectivity index (χ2v) is 5.31. The second kappa shape index (κ2) is 4.28. The molecule has 1 fully saturated rings. The van der Waals surface area contributed by atoms with Crippen LogP contribution in [0.25, 0.3) is 0 Å². The number of hydrogen-bond donors (Lipinski definition) is 1. The highest BCUT2D eigenvalue weighted by atomic mass is 79.9. The van der Waals surface area contributed by atoms with Gasteiger partial charge in [0.25, 0.3) is 0 Å². The van der Waals surface area contributed by atoms with Crippen LogP contribution in [0.2, 0.25) is 0 Å². The zero-order chi connectivity index (χ0) is 12.7. The van der Waals surface area contributed by atoms with Crippen molar-refractivity contribution in [1.29, 1.82) is 0 Å². The summed E-state index contributed by atoms with van der Waals surface area (Å²) < 4.78 is 40.7. The Balaban J connectivity index is 2.54. The normalized spacial score (nSPS) is 25.2. The zero-order valence-corrected chi connectivity index (χ0v) is 11.0. The Labute approximate surface area is 107 Å². The van der Waals surface area contributed by atoms with Gasteiger partial charge in [-0.25, -0.2) is 0 Å². The van der Waals surface area contributed by atoms with Crippen LogP contribution in [-0.4, -0.2) is 12.7 Å². The molecule has 0 amide bonds. The van der Waals surface area contributed by atoms with E-state index in [9.17, 15) is 13.2 Å². The lowest BCUT2D eigenvalue weighted by Gasteiger charge is -2.33. The third kappa shape index (κ3) is 2.10. The van der Waals surface area contributed by atoms with Crippen LogP contribution in [0.5, 0.6) is 0 Å². The molecule has 1 aromatic carbocycles. The van der Waals surface area contributed by atoms with Gasteiger partial charge >= 0.3 is 6.18 Å². The lowest BCUT2D eigenvalue weighted by molar-refractivity contribution is -0.196. The maximum atomic E-state index is 13.3. The largest absolute Gasteiger partial charge is 0.410 e. The lowest BCUT2D eigenvalue weighted by Crippen LogP contribution is -2.50. The minimum Gasteiger partial charge on any atom is -0.300 e. The number of hydrogen-bond acceptors (Lipinski definition) is 1. The molecule has 1 saturated heterocycles. The predicted octanol–water partition coefficient (Wildman–Crippen LogP) is 3.90. The third-order valence-corrected chi connectivity index (χ3v) is 3.78. The predicted molar refractivity (Wildman–Crippen MR) is 63.8 cm³/mol. The summed E-state index contributed by atoms with van der Waals surface area (Å²) in [4.78, 5) is 0. The van der Waals surface area contributed by atoms with Gasteiger partial charge in [0, 0.05) is 4.47 Å². The molecule has 0 radical (unpaired) electrons. The summed E-state index contributed by atoms with van der Waals surface area (Å²) in [5.74, 6) is 0. The summed E-state index contributed by atoms with van der Waals surface area (Å²) in [6, 6.07) is 4.95. The summed E-state index contributed by atoms with van der Waals surface area (Å²) in [6.07, 6.45) is -3.60. The number of rotatable bonds is 1. The minimum absolute atomic E-state index is 0.110. The van der Waals surface area contributed by atoms with Gasteiger partial charge in [0.05, 0.1) is 0 Å². The highest BCUT2D eigenvalue weighted by molar-refractivity contribution is 9.10. The first-order valence-corrected chi connectivity index (χ1v) is 6.24. The van der Waals surface area contributed by atoms with E-state index in [2.05, 4.69) is 21.2 Å². The van der Waals surface area contributed by atoms with Gasteiger partial charge in [0.1, 0.15) is 5.54 Å². The van der Waals surface area contributed by atoms with E-state index in [-0.39, 0.29) is 6.42 Å². The Morgan fingerprint density at radius 2 is 2.06 bits per heavy atom. The fourth-order valence-corrected chi connectivity index (χ4v) is 2.95. The van der Waals surface area contributed by atoms with E-state index < -0.39 is 11.7 Å². The van der Waals surface area contributed by atoms with E-state index in [1.807, 2.05) is 0 Å². The van der Waals surface area contributed by atoms with Gasteiger partial charge in [-0.05, 0) is 49.6 Å². The molecule has 1 heterocycles. The molecule has 1 unspecified atom stereocenters. The van der Waals surface area contributed by atoms with Crippen LogP contribution in [0.4, 0.5) is 13.2 Å². The van der Waals surface area contributed by atoms with Crippen LogP contribution in [0, 0.1) is 6.92 Å². The highest BCUT2D eigenvalue weighted by Gasteiger charge is 2.57. The molecule has 1 aliphatic rings. The SMILES string of the molecule is Cc1cc(Br)ccc1C1(C(F)(F)F)CCCN1. The van der Waals surface area contributed by atoms with Crippen LogP contribution in [0.1, 0.15) is 24.0 Å². The monoisotopic (exact) mass is 307 g/mol. The first kappa shape index (κ1) is 12.9. The Morgan fingerprint density at radius 3 is 2.53 bits per heavy atom. The topological polar surface area (TPSA) is 12.0 Å². The van der Waals surface area contributed by atoms with Crippen molar-refractivity contribution in [2.24, 2.45) is 0 Å². The molecular formula is C12H13BrF3N. The number of aryl methyl sites for hydroxylation is 1. The van der Waals surface area contributed by atoms with Crippen molar-refractivity contribution in [2.45, 2.75) is 31.5 Å². The lowest BCUT2D eigenvalue weighted by atomic mass is 9.85. The second-order valence-electron chi connectivity index (χ2n) is 4.39. The van der Waals surface area contributed by atoms with Crippen molar-refractivity contribution in [3.05, 3.63) is 33.8 Å². The fourth-order valence-electron chi connectivity index (χ4n) is 2.47. The molecular weight excluding hydrogens is 295 g/mol.